The first-order valence-electron chi connectivity index (χ1n) is 9.02. The minimum Gasteiger partial charge on any atom is -0.493 e. The second-order valence-electron chi connectivity index (χ2n) is 6.20. The van der Waals surface area contributed by atoms with Crippen molar-refractivity contribution in [3.05, 3.63) is 65.5 Å². The average Bonchev–Trinajstić information content (AvgIpc) is 3.08. The largest absolute Gasteiger partial charge is 0.493 e. The Labute approximate surface area is 168 Å². The molecule has 0 saturated carbocycles. The van der Waals surface area contributed by atoms with E-state index in [4.69, 9.17) is 9.47 Å². The van der Waals surface area contributed by atoms with Gasteiger partial charge in [0.1, 0.15) is 12.1 Å². The second-order valence-corrected chi connectivity index (χ2v) is 7.26. The molecule has 0 saturated heterocycles. The average molecular weight is 398 g/mol. The molecule has 0 bridgehead atoms. The summed E-state index contributed by atoms with van der Waals surface area (Å²) in [4.78, 5) is 10.8. The SMILES string of the molecule is COc1cc(C=O)ccc1OCCCSc1nnc(Cc2ccccc2)n1C. The van der Waals surface area contributed by atoms with E-state index in [9.17, 15) is 4.79 Å². The summed E-state index contributed by atoms with van der Waals surface area (Å²) in [6.45, 7) is 0.554. The fourth-order valence-electron chi connectivity index (χ4n) is 2.68. The van der Waals surface area contributed by atoms with Crippen molar-refractivity contribution in [2.75, 3.05) is 19.5 Å². The van der Waals surface area contributed by atoms with E-state index in [1.165, 1.54) is 5.56 Å². The van der Waals surface area contributed by atoms with Crippen LogP contribution in [0.5, 0.6) is 11.5 Å². The molecule has 7 heteroatoms. The minimum absolute atomic E-state index is 0.554. The fraction of sp³-hybridized carbons (Fsp3) is 0.286. The van der Waals surface area contributed by atoms with E-state index in [1.54, 1.807) is 37.1 Å². The Hall–Kier alpha value is -2.80. The molecule has 6 nitrogen and oxygen atoms in total. The predicted octanol–water partition coefficient (Wildman–Crippen LogP) is 3.79. The maximum Gasteiger partial charge on any atom is 0.190 e. The molecule has 1 aromatic heterocycles. The molecule has 3 aromatic rings. The maximum atomic E-state index is 10.8. The molecule has 0 spiro atoms. The highest BCUT2D eigenvalue weighted by Crippen LogP contribution is 2.28. The third-order valence-corrected chi connectivity index (χ3v) is 5.34. The highest BCUT2D eigenvalue weighted by atomic mass is 32.2. The highest BCUT2D eigenvalue weighted by molar-refractivity contribution is 7.99. The van der Waals surface area contributed by atoms with Gasteiger partial charge in [0.2, 0.25) is 0 Å². The van der Waals surface area contributed by atoms with E-state index < -0.39 is 0 Å². The molecular weight excluding hydrogens is 374 g/mol. The number of carbonyl (C=O) groups excluding carboxylic acids is 1. The molecule has 0 N–H and O–H groups in total. The van der Waals surface area contributed by atoms with Gasteiger partial charge in [-0.15, -0.1) is 10.2 Å². The molecule has 1 heterocycles. The van der Waals surface area contributed by atoms with Crippen molar-refractivity contribution in [3.63, 3.8) is 0 Å². The molecule has 146 valence electrons. The zero-order valence-electron chi connectivity index (χ0n) is 16.0. The van der Waals surface area contributed by atoms with Gasteiger partial charge in [0.25, 0.3) is 0 Å². The van der Waals surface area contributed by atoms with Crippen molar-refractivity contribution < 1.29 is 14.3 Å². The summed E-state index contributed by atoms with van der Waals surface area (Å²) in [5.74, 6) is 3.02. The smallest absolute Gasteiger partial charge is 0.190 e. The van der Waals surface area contributed by atoms with Crippen LogP contribution < -0.4 is 9.47 Å². The molecule has 0 fully saturated rings. The quantitative estimate of drug-likeness (QED) is 0.295. The lowest BCUT2D eigenvalue weighted by Gasteiger charge is -2.10. The van der Waals surface area contributed by atoms with E-state index in [1.807, 2.05) is 29.8 Å². The van der Waals surface area contributed by atoms with Gasteiger partial charge in [0.05, 0.1) is 13.7 Å². The van der Waals surface area contributed by atoms with Crippen LogP contribution in [0.2, 0.25) is 0 Å². The van der Waals surface area contributed by atoms with Crippen molar-refractivity contribution in [3.8, 4) is 11.5 Å². The van der Waals surface area contributed by atoms with Gasteiger partial charge in [-0.2, -0.15) is 0 Å². The molecule has 0 unspecified atom stereocenters. The number of aromatic nitrogens is 3. The number of nitrogens with zero attached hydrogens (tertiary/aromatic N) is 3. The minimum atomic E-state index is 0.554. The van der Waals surface area contributed by atoms with Crippen LogP contribution in [0.15, 0.2) is 53.7 Å². The van der Waals surface area contributed by atoms with Crippen molar-refractivity contribution >= 4 is 18.0 Å². The van der Waals surface area contributed by atoms with Crippen LogP contribution >= 0.6 is 11.8 Å². The molecular formula is C21H23N3O3S. The van der Waals surface area contributed by atoms with Crippen molar-refractivity contribution in [2.45, 2.75) is 18.0 Å². The number of thioether (sulfide) groups is 1. The van der Waals surface area contributed by atoms with Crippen LogP contribution in [0, 0.1) is 0 Å². The van der Waals surface area contributed by atoms with Gasteiger partial charge in [0, 0.05) is 24.8 Å². The lowest BCUT2D eigenvalue weighted by atomic mass is 10.1. The van der Waals surface area contributed by atoms with Gasteiger partial charge >= 0.3 is 0 Å². The number of hydrogen-bond acceptors (Lipinski definition) is 6. The zero-order chi connectivity index (χ0) is 19.8. The molecule has 2 aromatic carbocycles. The third kappa shape index (κ3) is 5.13. The summed E-state index contributed by atoms with van der Waals surface area (Å²) < 4.78 is 13.1. The van der Waals surface area contributed by atoms with Crippen LogP contribution in [-0.2, 0) is 13.5 Å². The van der Waals surface area contributed by atoms with Gasteiger partial charge < -0.3 is 14.0 Å². The van der Waals surface area contributed by atoms with Crippen LogP contribution in [-0.4, -0.2) is 40.5 Å². The van der Waals surface area contributed by atoms with Gasteiger partial charge in [-0.05, 0) is 30.2 Å². The number of carbonyl (C=O) groups is 1. The second kappa shape index (κ2) is 9.94. The Bertz CT molecular complexity index is 913. The van der Waals surface area contributed by atoms with Gasteiger partial charge in [-0.25, -0.2) is 0 Å². The van der Waals surface area contributed by atoms with Crippen molar-refractivity contribution in [2.24, 2.45) is 7.05 Å². The van der Waals surface area contributed by atoms with Gasteiger partial charge in [-0.3, -0.25) is 4.79 Å². The van der Waals surface area contributed by atoms with E-state index in [0.29, 0.717) is 23.7 Å². The molecule has 3 rings (SSSR count). The number of benzene rings is 2. The normalized spacial score (nSPS) is 10.6. The Kier molecular flexibility index (Phi) is 7.08. The number of aldehydes is 1. The summed E-state index contributed by atoms with van der Waals surface area (Å²) in [6.07, 6.45) is 2.41. The number of ether oxygens (including phenoxy) is 2. The molecule has 0 aliphatic rings. The summed E-state index contributed by atoms with van der Waals surface area (Å²) in [5, 5.41) is 9.51. The predicted molar refractivity (Wildman–Crippen MR) is 109 cm³/mol. The summed E-state index contributed by atoms with van der Waals surface area (Å²) in [6, 6.07) is 15.4. The summed E-state index contributed by atoms with van der Waals surface area (Å²) >= 11 is 1.66. The Morgan fingerprint density at radius 1 is 1.11 bits per heavy atom. The monoisotopic (exact) mass is 397 g/mol. The van der Waals surface area contributed by atoms with E-state index in [-0.39, 0.29) is 0 Å². The van der Waals surface area contributed by atoms with E-state index >= 15 is 0 Å². The van der Waals surface area contributed by atoms with Gasteiger partial charge in [-0.1, -0.05) is 42.1 Å². The zero-order valence-corrected chi connectivity index (χ0v) is 16.8. The Morgan fingerprint density at radius 3 is 2.68 bits per heavy atom. The van der Waals surface area contributed by atoms with Crippen molar-refractivity contribution in [1.29, 1.82) is 0 Å². The highest BCUT2D eigenvalue weighted by Gasteiger charge is 2.10. The van der Waals surface area contributed by atoms with Crippen LogP contribution in [0.1, 0.15) is 28.2 Å². The molecule has 0 atom stereocenters. The Balaban J connectivity index is 1.46. The van der Waals surface area contributed by atoms with E-state index in [2.05, 4.69) is 22.3 Å². The lowest BCUT2D eigenvalue weighted by Crippen LogP contribution is -2.02. The molecule has 0 aliphatic carbocycles. The van der Waals surface area contributed by atoms with Gasteiger partial charge in [0.15, 0.2) is 16.7 Å². The topological polar surface area (TPSA) is 66.2 Å². The first kappa shape index (κ1) is 19.9. The summed E-state index contributed by atoms with van der Waals surface area (Å²) in [5.41, 5.74) is 1.78. The molecule has 0 radical (unpaired) electrons. The maximum absolute atomic E-state index is 10.8. The number of rotatable bonds is 10. The molecule has 0 aliphatic heterocycles. The first-order valence-corrected chi connectivity index (χ1v) is 10.0. The number of methoxy groups -OCH3 is 1. The Morgan fingerprint density at radius 2 is 1.93 bits per heavy atom. The third-order valence-electron chi connectivity index (χ3n) is 4.23. The number of hydrogen-bond donors (Lipinski definition) is 0. The molecule has 0 amide bonds. The lowest BCUT2D eigenvalue weighted by molar-refractivity contribution is 0.112. The first-order chi connectivity index (χ1) is 13.7. The molecule has 28 heavy (non-hydrogen) atoms. The van der Waals surface area contributed by atoms with Crippen LogP contribution in [0.25, 0.3) is 0 Å². The van der Waals surface area contributed by atoms with Crippen molar-refractivity contribution in [1.82, 2.24) is 14.8 Å². The van der Waals surface area contributed by atoms with E-state index in [0.717, 1.165) is 35.9 Å². The standard InChI is InChI=1S/C21H23N3O3S/c1-24-20(14-16-7-4-3-5-8-16)22-23-21(24)28-12-6-11-27-18-10-9-17(15-25)13-19(18)26-2/h3-5,7-10,13,15H,6,11-12,14H2,1-2H3. The summed E-state index contributed by atoms with van der Waals surface area (Å²) in [7, 11) is 3.56. The fourth-order valence-corrected chi connectivity index (χ4v) is 3.53. The van der Waals surface area contributed by atoms with Crippen LogP contribution in [0.4, 0.5) is 0 Å². The van der Waals surface area contributed by atoms with Crippen LogP contribution in [0.3, 0.4) is 0 Å².